The summed E-state index contributed by atoms with van der Waals surface area (Å²) in [6, 6.07) is 13.7. The number of methoxy groups -OCH3 is 1. The summed E-state index contributed by atoms with van der Waals surface area (Å²) < 4.78 is 10.7. The fourth-order valence-corrected chi connectivity index (χ4v) is 2.87. The highest BCUT2D eigenvalue weighted by atomic mass is 32.2. The molecule has 144 valence electrons. The lowest BCUT2D eigenvalue weighted by molar-refractivity contribution is -0.138. The molecule has 1 amide bonds. The number of carbonyl (C=O) groups is 2. The van der Waals surface area contributed by atoms with Gasteiger partial charge in [-0.05, 0) is 55.1 Å². The smallest absolute Gasteiger partial charge is 0.305 e. The monoisotopic (exact) mass is 389 g/mol. The maximum atomic E-state index is 12.5. The highest BCUT2D eigenvalue weighted by Gasteiger charge is 2.22. The zero-order valence-electron chi connectivity index (χ0n) is 15.5. The number of carbonyl (C=O) groups excluding carboxylic acids is 1. The maximum absolute atomic E-state index is 12.5. The molecule has 0 fully saturated rings. The number of aliphatic carboxylic acids is 1. The molecule has 0 aliphatic rings. The lowest BCUT2D eigenvalue weighted by Crippen LogP contribution is -2.39. The quantitative estimate of drug-likeness (QED) is 0.639. The van der Waals surface area contributed by atoms with Crippen LogP contribution in [0.3, 0.4) is 0 Å². The van der Waals surface area contributed by atoms with Gasteiger partial charge in [-0.25, -0.2) is 0 Å². The van der Waals surface area contributed by atoms with Crippen molar-refractivity contribution in [2.75, 3.05) is 13.4 Å². The lowest BCUT2D eigenvalue weighted by atomic mass is 10.0. The van der Waals surface area contributed by atoms with Crippen LogP contribution in [0, 0.1) is 0 Å². The van der Waals surface area contributed by atoms with Crippen LogP contribution in [0.1, 0.15) is 24.9 Å². The SMILES string of the molecule is COc1ccc(OC(C)C(=O)NC(CC(=O)O)c2ccc(SC)cc2)cc1. The number of carboxylic acid groups (broad SMARTS) is 1. The van der Waals surface area contributed by atoms with E-state index in [4.69, 9.17) is 9.47 Å². The van der Waals surface area contributed by atoms with E-state index in [9.17, 15) is 14.7 Å². The third kappa shape index (κ3) is 6.21. The van der Waals surface area contributed by atoms with E-state index in [0.717, 1.165) is 10.5 Å². The van der Waals surface area contributed by atoms with Gasteiger partial charge in [0.25, 0.3) is 5.91 Å². The van der Waals surface area contributed by atoms with Crippen LogP contribution in [-0.4, -0.2) is 36.5 Å². The first-order chi connectivity index (χ1) is 12.9. The molecule has 2 unspecified atom stereocenters. The summed E-state index contributed by atoms with van der Waals surface area (Å²) in [7, 11) is 1.57. The van der Waals surface area contributed by atoms with Crippen molar-refractivity contribution in [3.05, 3.63) is 54.1 Å². The van der Waals surface area contributed by atoms with Gasteiger partial charge in [-0.3, -0.25) is 9.59 Å². The van der Waals surface area contributed by atoms with Gasteiger partial charge in [-0.15, -0.1) is 11.8 Å². The molecule has 0 aliphatic heterocycles. The largest absolute Gasteiger partial charge is 0.497 e. The van der Waals surface area contributed by atoms with E-state index in [1.54, 1.807) is 50.1 Å². The first-order valence-electron chi connectivity index (χ1n) is 8.39. The minimum absolute atomic E-state index is 0.209. The van der Waals surface area contributed by atoms with E-state index in [1.165, 1.54) is 0 Å². The Bertz CT molecular complexity index is 761. The Morgan fingerprint density at radius 1 is 1.07 bits per heavy atom. The molecule has 7 heteroatoms. The molecule has 0 bridgehead atoms. The van der Waals surface area contributed by atoms with Gasteiger partial charge >= 0.3 is 5.97 Å². The molecule has 2 N–H and O–H groups in total. The summed E-state index contributed by atoms with van der Waals surface area (Å²) in [6.07, 6.45) is 0.976. The molecule has 0 saturated carbocycles. The highest BCUT2D eigenvalue weighted by molar-refractivity contribution is 7.98. The van der Waals surface area contributed by atoms with E-state index in [0.29, 0.717) is 11.5 Å². The van der Waals surface area contributed by atoms with Crippen LogP contribution in [0.5, 0.6) is 11.5 Å². The predicted molar refractivity (Wildman–Crippen MR) is 104 cm³/mol. The Morgan fingerprint density at radius 3 is 2.19 bits per heavy atom. The van der Waals surface area contributed by atoms with Crippen molar-refractivity contribution in [3.8, 4) is 11.5 Å². The number of hydrogen-bond acceptors (Lipinski definition) is 5. The molecule has 0 spiro atoms. The average Bonchev–Trinajstić information content (AvgIpc) is 2.67. The van der Waals surface area contributed by atoms with E-state index in [-0.39, 0.29) is 12.3 Å². The van der Waals surface area contributed by atoms with Crippen LogP contribution in [-0.2, 0) is 9.59 Å². The zero-order valence-corrected chi connectivity index (χ0v) is 16.3. The topological polar surface area (TPSA) is 84.9 Å². The molecular weight excluding hydrogens is 366 g/mol. The fourth-order valence-electron chi connectivity index (χ4n) is 2.46. The lowest BCUT2D eigenvalue weighted by Gasteiger charge is -2.21. The van der Waals surface area contributed by atoms with Gasteiger partial charge in [0, 0.05) is 4.90 Å². The van der Waals surface area contributed by atoms with Gasteiger partial charge in [-0.1, -0.05) is 12.1 Å². The number of benzene rings is 2. The molecule has 2 rings (SSSR count). The van der Waals surface area contributed by atoms with Crippen molar-refractivity contribution < 1.29 is 24.2 Å². The number of ether oxygens (including phenoxy) is 2. The normalized spacial score (nSPS) is 12.7. The molecule has 0 saturated heterocycles. The van der Waals surface area contributed by atoms with E-state index in [1.807, 2.05) is 30.5 Å². The Morgan fingerprint density at radius 2 is 1.67 bits per heavy atom. The summed E-state index contributed by atoms with van der Waals surface area (Å²) >= 11 is 1.59. The third-order valence-electron chi connectivity index (χ3n) is 3.95. The summed E-state index contributed by atoms with van der Waals surface area (Å²) in [5, 5.41) is 12.0. The Kier molecular flexibility index (Phi) is 7.55. The van der Waals surface area contributed by atoms with E-state index >= 15 is 0 Å². The summed E-state index contributed by atoms with van der Waals surface area (Å²) in [6.45, 7) is 1.62. The Hall–Kier alpha value is -2.67. The Balaban J connectivity index is 2.05. The number of thioether (sulfide) groups is 1. The Labute approximate surface area is 162 Å². The van der Waals surface area contributed by atoms with Crippen molar-refractivity contribution in [2.45, 2.75) is 30.4 Å². The fraction of sp³-hybridized carbons (Fsp3) is 0.300. The van der Waals surface area contributed by atoms with Crippen LogP contribution in [0.25, 0.3) is 0 Å². The highest BCUT2D eigenvalue weighted by Crippen LogP contribution is 2.22. The van der Waals surface area contributed by atoms with E-state index in [2.05, 4.69) is 5.32 Å². The van der Waals surface area contributed by atoms with Crippen molar-refractivity contribution in [1.82, 2.24) is 5.32 Å². The van der Waals surface area contributed by atoms with Crippen LogP contribution < -0.4 is 14.8 Å². The molecule has 2 aromatic rings. The predicted octanol–water partition coefficient (Wildman–Crippen LogP) is 3.52. The molecule has 2 aromatic carbocycles. The first-order valence-corrected chi connectivity index (χ1v) is 9.62. The standard InChI is InChI=1S/C20H23NO5S/c1-13(26-16-8-6-15(25-2)7-9-16)20(24)21-18(12-19(22)23)14-4-10-17(27-3)11-5-14/h4-11,13,18H,12H2,1-3H3,(H,21,24)(H,22,23). The molecule has 6 nitrogen and oxygen atoms in total. The van der Waals surface area contributed by atoms with Gasteiger partial charge < -0.3 is 19.9 Å². The van der Waals surface area contributed by atoms with Crippen molar-refractivity contribution >= 4 is 23.6 Å². The van der Waals surface area contributed by atoms with Crippen LogP contribution >= 0.6 is 11.8 Å². The van der Waals surface area contributed by atoms with Crippen LogP contribution in [0.2, 0.25) is 0 Å². The number of hydrogen-bond donors (Lipinski definition) is 2. The van der Waals surface area contributed by atoms with Gasteiger partial charge in [-0.2, -0.15) is 0 Å². The number of carboxylic acids is 1. The summed E-state index contributed by atoms with van der Waals surface area (Å²) in [5.41, 5.74) is 0.736. The molecule has 0 heterocycles. The molecule has 27 heavy (non-hydrogen) atoms. The van der Waals surface area contributed by atoms with Gasteiger partial charge in [0.1, 0.15) is 11.5 Å². The van der Waals surface area contributed by atoms with E-state index < -0.39 is 18.1 Å². The molecule has 0 aromatic heterocycles. The van der Waals surface area contributed by atoms with Gasteiger partial charge in [0.2, 0.25) is 0 Å². The summed E-state index contributed by atoms with van der Waals surface area (Å²) in [5.74, 6) is -0.156. The van der Waals surface area contributed by atoms with Crippen molar-refractivity contribution in [1.29, 1.82) is 0 Å². The van der Waals surface area contributed by atoms with Crippen molar-refractivity contribution in [2.24, 2.45) is 0 Å². The number of rotatable bonds is 9. The summed E-state index contributed by atoms with van der Waals surface area (Å²) in [4.78, 5) is 24.8. The maximum Gasteiger partial charge on any atom is 0.305 e. The van der Waals surface area contributed by atoms with Crippen LogP contribution in [0.4, 0.5) is 0 Å². The molecule has 0 radical (unpaired) electrons. The molecule has 0 aliphatic carbocycles. The van der Waals surface area contributed by atoms with Gasteiger partial charge in [0.05, 0.1) is 19.6 Å². The minimum atomic E-state index is -0.988. The second-order valence-electron chi connectivity index (χ2n) is 5.87. The second kappa shape index (κ2) is 9.87. The minimum Gasteiger partial charge on any atom is -0.497 e. The number of nitrogens with one attached hydrogen (secondary N) is 1. The van der Waals surface area contributed by atoms with Crippen molar-refractivity contribution in [3.63, 3.8) is 0 Å². The number of amides is 1. The van der Waals surface area contributed by atoms with Crippen LogP contribution in [0.15, 0.2) is 53.4 Å². The molecule has 2 atom stereocenters. The van der Waals surface area contributed by atoms with Gasteiger partial charge in [0.15, 0.2) is 6.10 Å². The second-order valence-corrected chi connectivity index (χ2v) is 6.75. The molecular formula is C20H23NO5S. The average molecular weight is 389 g/mol. The third-order valence-corrected chi connectivity index (χ3v) is 4.70. The zero-order chi connectivity index (χ0) is 19.8. The first kappa shape index (κ1) is 20.6.